The maximum absolute atomic E-state index is 13.2. The van der Waals surface area contributed by atoms with Crippen molar-refractivity contribution < 1.29 is 4.39 Å². The molecule has 0 aromatic heterocycles. The van der Waals surface area contributed by atoms with Gasteiger partial charge in [0.2, 0.25) is 0 Å². The molecular formula is C14H15FN2. The summed E-state index contributed by atoms with van der Waals surface area (Å²) >= 11 is 0. The summed E-state index contributed by atoms with van der Waals surface area (Å²) in [6.07, 6.45) is 0. The van der Waals surface area contributed by atoms with E-state index in [9.17, 15) is 4.39 Å². The summed E-state index contributed by atoms with van der Waals surface area (Å²) in [5.74, 6) is -0.240. The second-order valence-corrected chi connectivity index (χ2v) is 4.08. The average molecular weight is 230 g/mol. The smallest absolute Gasteiger partial charge is 0.125 e. The second-order valence-electron chi connectivity index (χ2n) is 4.08. The van der Waals surface area contributed by atoms with Crippen molar-refractivity contribution in [3.8, 4) is 0 Å². The van der Waals surface area contributed by atoms with Crippen molar-refractivity contribution in [3.05, 3.63) is 53.8 Å². The van der Waals surface area contributed by atoms with E-state index in [-0.39, 0.29) is 5.82 Å². The van der Waals surface area contributed by atoms with E-state index in [1.54, 1.807) is 6.07 Å². The monoisotopic (exact) mass is 230 g/mol. The highest BCUT2D eigenvalue weighted by Gasteiger charge is 2.07. The van der Waals surface area contributed by atoms with Gasteiger partial charge >= 0.3 is 0 Å². The third-order valence-corrected chi connectivity index (χ3v) is 2.79. The molecule has 88 valence electrons. The number of hydrogen-bond donors (Lipinski definition) is 1. The SMILES string of the molecule is Cc1ccc(N)cc1N(C)c1cccc(F)c1. The van der Waals surface area contributed by atoms with Crippen LogP contribution in [0.4, 0.5) is 21.5 Å². The molecular weight excluding hydrogens is 215 g/mol. The van der Waals surface area contributed by atoms with Gasteiger partial charge in [-0.1, -0.05) is 12.1 Å². The van der Waals surface area contributed by atoms with Crippen LogP contribution >= 0.6 is 0 Å². The molecule has 2 rings (SSSR count). The quantitative estimate of drug-likeness (QED) is 0.800. The Morgan fingerprint density at radius 2 is 1.88 bits per heavy atom. The van der Waals surface area contributed by atoms with Crippen LogP contribution in [0.1, 0.15) is 5.56 Å². The maximum atomic E-state index is 13.2. The summed E-state index contributed by atoms with van der Waals surface area (Å²) in [4.78, 5) is 1.93. The van der Waals surface area contributed by atoms with Gasteiger partial charge in [0.15, 0.2) is 0 Å². The normalized spacial score (nSPS) is 10.3. The van der Waals surface area contributed by atoms with Gasteiger partial charge in [0.25, 0.3) is 0 Å². The number of halogens is 1. The Morgan fingerprint density at radius 3 is 2.59 bits per heavy atom. The number of hydrogen-bond acceptors (Lipinski definition) is 2. The highest BCUT2D eigenvalue weighted by Crippen LogP contribution is 2.28. The number of aryl methyl sites for hydroxylation is 1. The first-order valence-electron chi connectivity index (χ1n) is 5.43. The molecule has 0 saturated heterocycles. The average Bonchev–Trinajstić information content (AvgIpc) is 2.31. The van der Waals surface area contributed by atoms with Crippen LogP contribution < -0.4 is 10.6 Å². The van der Waals surface area contributed by atoms with E-state index in [1.807, 2.05) is 43.1 Å². The summed E-state index contributed by atoms with van der Waals surface area (Å²) in [7, 11) is 1.90. The minimum absolute atomic E-state index is 0.240. The van der Waals surface area contributed by atoms with Gasteiger partial charge in [0.05, 0.1) is 0 Å². The van der Waals surface area contributed by atoms with Crippen molar-refractivity contribution in [2.75, 3.05) is 17.7 Å². The lowest BCUT2D eigenvalue weighted by molar-refractivity contribution is 0.628. The molecule has 0 heterocycles. The number of nitrogen functional groups attached to an aromatic ring is 1. The Labute approximate surface area is 100 Å². The van der Waals surface area contributed by atoms with E-state index < -0.39 is 0 Å². The molecule has 2 aromatic rings. The van der Waals surface area contributed by atoms with E-state index in [1.165, 1.54) is 12.1 Å². The van der Waals surface area contributed by atoms with Gasteiger partial charge in [0.1, 0.15) is 5.82 Å². The minimum Gasteiger partial charge on any atom is -0.399 e. The first-order chi connectivity index (χ1) is 8.08. The first-order valence-corrected chi connectivity index (χ1v) is 5.43. The Morgan fingerprint density at radius 1 is 1.12 bits per heavy atom. The zero-order valence-corrected chi connectivity index (χ0v) is 9.94. The summed E-state index contributed by atoms with van der Waals surface area (Å²) in [6.45, 7) is 2.00. The Hall–Kier alpha value is -2.03. The molecule has 0 aliphatic rings. The lowest BCUT2D eigenvalue weighted by Crippen LogP contribution is -2.11. The van der Waals surface area contributed by atoms with Crippen LogP contribution in [-0.2, 0) is 0 Å². The number of anilines is 3. The molecule has 17 heavy (non-hydrogen) atoms. The van der Waals surface area contributed by atoms with Crippen molar-refractivity contribution in [2.24, 2.45) is 0 Å². The molecule has 0 atom stereocenters. The van der Waals surface area contributed by atoms with E-state index in [0.29, 0.717) is 5.69 Å². The van der Waals surface area contributed by atoms with E-state index in [0.717, 1.165) is 16.9 Å². The van der Waals surface area contributed by atoms with Crippen molar-refractivity contribution in [3.63, 3.8) is 0 Å². The number of nitrogens with zero attached hydrogens (tertiary/aromatic N) is 1. The van der Waals surface area contributed by atoms with E-state index in [4.69, 9.17) is 5.73 Å². The minimum atomic E-state index is -0.240. The molecule has 0 bridgehead atoms. The predicted molar refractivity (Wildman–Crippen MR) is 70.1 cm³/mol. The molecule has 0 unspecified atom stereocenters. The maximum Gasteiger partial charge on any atom is 0.125 e. The Kier molecular flexibility index (Phi) is 3.00. The van der Waals surface area contributed by atoms with Crippen LogP contribution in [0, 0.1) is 12.7 Å². The third-order valence-electron chi connectivity index (χ3n) is 2.79. The summed E-state index contributed by atoms with van der Waals surface area (Å²) in [5, 5.41) is 0. The fraction of sp³-hybridized carbons (Fsp3) is 0.143. The van der Waals surface area contributed by atoms with Gasteiger partial charge in [-0.05, 0) is 42.8 Å². The molecule has 0 saturated carbocycles. The fourth-order valence-electron chi connectivity index (χ4n) is 1.81. The van der Waals surface area contributed by atoms with Gasteiger partial charge in [-0.3, -0.25) is 0 Å². The molecule has 2 nitrogen and oxygen atoms in total. The predicted octanol–water partition coefficient (Wildman–Crippen LogP) is 3.48. The lowest BCUT2D eigenvalue weighted by atomic mass is 10.1. The number of nitrogens with two attached hydrogens (primary N) is 1. The first kappa shape index (κ1) is 11.5. The molecule has 0 fully saturated rings. The zero-order valence-electron chi connectivity index (χ0n) is 9.94. The number of rotatable bonds is 2. The van der Waals surface area contributed by atoms with Crippen LogP contribution in [-0.4, -0.2) is 7.05 Å². The van der Waals surface area contributed by atoms with Crippen LogP contribution in [0.25, 0.3) is 0 Å². The fourth-order valence-corrected chi connectivity index (χ4v) is 1.81. The van der Waals surface area contributed by atoms with Gasteiger partial charge in [-0.2, -0.15) is 0 Å². The van der Waals surface area contributed by atoms with Crippen molar-refractivity contribution in [1.82, 2.24) is 0 Å². The highest BCUT2D eigenvalue weighted by molar-refractivity contribution is 5.69. The highest BCUT2D eigenvalue weighted by atomic mass is 19.1. The van der Waals surface area contributed by atoms with E-state index in [2.05, 4.69) is 0 Å². The van der Waals surface area contributed by atoms with E-state index >= 15 is 0 Å². The summed E-state index contributed by atoms with van der Waals surface area (Å²) in [5.41, 5.74) is 9.36. The van der Waals surface area contributed by atoms with Crippen molar-refractivity contribution >= 4 is 17.1 Å². The van der Waals surface area contributed by atoms with Crippen LogP contribution in [0.3, 0.4) is 0 Å². The van der Waals surface area contributed by atoms with Crippen LogP contribution in [0.5, 0.6) is 0 Å². The molecule has 0 aliphatic carbocycles. The summed E-state index contributed by atoms with van der Waals surface area (Å²) < 4.78 is 13.2. The molecule has 0 aliphatic heterocycles. The molecule has 2 aromatic carbocycles. The standard InChI is InChI=1S/C14H15FN2/c1-10-6-7-12(16)9-14(10)17(2)13-5-3-4-11(15)8-13/h3-9H,16H2,1-2H3. The topological polar surface area (TPSA) is 29.3 Å². The van der Waals surface area contributed by atoms with Crippen LogP contribution in [0.2, 0.25) is 0 Å². The Balaban J connectivity index is 2.43. The van der Waals surface area contributed by atoms with Gasteiger partial charge in [0, 0.05) is 24.1 Å². The molecule has 0 amide bonds. The van der Waals surface area contributed by atoms with Gasteiger partial charge in [-0.15, -0.1) is 0 Å². The second kappa shape index (κ2) is 4.45. The molecule has 0 spiro atoms. The van der Waals surface area contributed by atoms with Gasteiger partial charge < -0.3 is 10.6 Å². The Bertz CT molecular complexity index is 537. The number of benzene rings is 2. The van der Waals surface area contributed by atoms with Crippen molar-refractivity contribution in [2.45, 2.75) is 6.92 Å². The lowest BCUT2D eigenvalue weighted by Gasteiger charge is -2.22. The zero-order chi connectivity index (χ0) is 12.4. The molecule has 2 N–H and O–H groups in total. The largest absolute Gasteiger partial charge is 0.399 e. The van der Waals surface area contributed by atoms with Crippen molar-refractivity contribution in [1.29, 1.82) is 0 Å². The van der Waals surface area contributed by atoms with Gasteiger partial charge in [-0.25, -0.2) is 4.39 Å². The third kappa shape index (κ3) is 2.38. The molecule has 3 heteroatoms. The summed E-state index contributed by atoms with van der Waals surface area (Å²) in [6, 6.07) is 12.2. The molecule has 0 radical (unpaired) electrons. The van der Waals surface area contributed by atoms with Crippen LogP contribution in [0.15, 0.2) is 42.5 Å².